The van der Waals surface area contributed by atoms with Crippen molar-refractivity contribution in [2.45, 2.75) is 192 Å². The van der Waals surface area contributed by atoms with Crippen LogP contribution >= 0.6 is 0 Å². The molecule has 1 aliphatic heterocycles. The van der Waals surface area contributed by atoms with E-state index in [-0.39, 0.29) is 26.1 Å². The molecule has 0 spiro atoms. The molecule has 0 aromatic heterocycles. The predicted molar refractivity (Wildman–Crippen MR) is 219 cm³/mol. The van der Waals surface area contributed by atoms with Gasteiger partial charge in [0, 0.05) is 12.8 Å². The molecular weight excluding hydrogens is 700 g/mol. The third-order valence-electron chi connectivity index (χ3n) is 9.39. The summed E-state index contributed by atoms with van der Waals surface area (Å²) < 4.78 is 22.1. The van der Waals surface area contributed by atoms with Crippen LogP contribution < -0.4 is 0 Å². The number of aliphatic hydroxyl groups is 4. The van der Waals surface area contributed by atoms with Gasteiger partial charge in [-0.25, -0.2) is 0 Å². The minimum atomic E-state index is -1.60. The first kappa shape index (κ1) is 50.4. The fourth-order valence-corrected chi connectivity index (χ4v) is 6.00. The van der Waals surface area contributed by atoms with Crippen LogP contribution in [0.5, 0.6) is 0 Å². The quantitative estimate of drug-likeness (QED) is 0.0284. The van der Waals surface area contributed by atoms with Gasteiger partial charge in [-0.2, -0.15) is 0 Å². The summed E-state index contributed by atoms with van der Waals surface area (Å²) in [5.74, 6) is -0.865. The average molecular weight is 777 g/mol. The molecule has 0 aromatic rings. The number of unbranched alkanes of at least 4 members (excludes halogenated alkanes) is 13. The molecule has 55 heavy (non-hydrogen) atoms. The van der Waals surface area contributed by atoms with Gasteiger partial charge in [0.2, 0.25) is 0 Å². The van der Waals surface area contributed by atoms with E-state index < -0.39 is 55.4 Å². The molecule has 1 saturated heterocycles. The molecule has 1 rings (SSSR count). The molecule has 4 N–H and O–H groups in total. The van der Waals surface area contributed by atoms with Gasteiger partial charge in [-0.1, -0.05) is 126 Å². The van der Waals surface area contributed by atoms with Crippen molar-refractivity contribution in [1.29, 1.82) is 0 Å². The van der Waals surface area contributed by atoms with Crippen LogP contribution in [0.4, 0.5) is 0 Å². The fourth-order valence-electron chi connectivity index (χ4n) is 6.00. The van der Waals surface area contributed by atoms with Crippen molar-refractivity contribution in [2.75, 3.05) is 19.8 Å². The number of carbonyl (C=O) groups excluding carboxylic acids is 2. The molecular formula is C45H76O10. The van der Waals surface area contributed by atoms with Crippen molar-refractivity contribution in [3.05, 3.63) is 60.8 Å². The third kappa shape index (κ3) is 27.6. The van der Waals surface area contributed by atoms with Crippen molar-refractivity contribution in [3.63, 3.8) is 0 Å². The maximum Gasteiger partial charge on any atom is 0.306 e. The summed E-state index contributed by atoms with van der Waals surface area (Å²) >= 11 is 0. The van der Waals surface area contributed by atoms with Crippen LogP contribution in [-0.4, -0.2) is 89.0 Å². The Morgan fingerprint density at radius 2 is 1.07 bits per heavy atom. The molecule has 316 valence electrons. The minimum absolute atomic E-state index is 0.174. The molecule has 0 amide bonds. The van der Waals surface area contributed by atoms with Gasteiger partial charge in [0.25, 0.3) is 0 Å². The van der Waals surface area contributed by atoms with Gasteiger partial charge < -0.3 is 39.4 Å². The van der Waals surface area contributed by atoms with E-state index in [0.717, 1.165) is 64.2 Å². The van der Waals surface area contributed by atoms with Gasteiger partial charge in [0.1, 0.15) is 31.0 Å². The Morgan fingerprint density at radius 1 is 0.582 bits per heavy atom. The highest BCUT2D eigenvalue weighted by Gasteiger charge is 2.44. The number of allylic oxidation sites excluding steroid dienone is 10. The van der Waals surface area contributed by atoms with Gasteiger partial charge in [-0.05, 0) is 77.0 Å². The van der Waals surface area contributed by atoms with Crippen LogP contribution in [-0.2, 0) is 28.5 Å². The largest absolute Gasteiger partial charge is 0.462 e. The second-order valence-corrected chi connectivity index (χ2v) is 14.4. The summed E-state index contributed by atoms with van der Waals surface area (Å²) in [4.78, 5) is 25.3. The second-order valence-electron chi connectivity index (χ2n) is 14.4. The average Bonchev–Trinajstić information content (AvgIpc) is 3.18. The van der Waals surface area contributed by atoms with E-state index in [4.69, 9.17) is 18.9 Å². The molecule has 1 heterocycles. The lowest BCUT2D eigenvalue weighted by Crippen LogP contribution is -2.59. The molecule has 10 heteroatoms. The number of carbonyl (C=O) groups is 2. The zero-order valence-corrected chi connectivity index (χ0v) is 34.2. The smallest absolute Gasteiger partial charge is 0.306 e. The van der Waals surface area contributed by atoms with Crippen LogP contribution in [0.1, 0.15) is 155 Å². The van der Waals surface area contributed by atoms with Gasteiger partial charge in [0.05, 0.1) is 13.2 Å². The molecule has 6 atom stereocenters. The Morgan fingerprint density at radius 3 is 1.67 bits per heavy atom. The second kappa shape index (κ2) is 35.8. The summed E-state index contributed by atoms with van der Waals surface area (Å²) in [5.41, 5.74) is 0. The van der Waals surface area contributed by atoms with Crippen LogP contribution in [0.2, 0.25) is 0 Å². The summed E-state index contributed by atoms with van der Waals surface area (Å²) in [6.45, 7) is 3.23. The first-order chi connectivity index (χ1) is 26.8. The summed E-state index contributed by atoms with van der Waals surface area (Å²) in [7, 11) is 0. The SMILES string of the molecule is CC/C=C/C/C=C/C/C=C/C/C=C/CCCCC(=O)O[C@@H](COC(=O)CCCCCCCCC/C=C/CCCCCC)CO[C@H]1O[C@@H](CO)[C@@H](O)C(O)C1O. The lowest BCUT2D eigenvalue weighted by molar-refractivity contribution is -0.305. The van der Waals surface area contributed by atoms with Gasteiger partial charge in [0.15, 0.2) is 12.4 Å². The highest BCUT2D eigenvalue weighted by molar-refractivity contribution is 5.70. The molecule has 10 nitrogen and oxygen atoms in total. The van der Waals surface area contributed by atoms with Crippen LogP contribution in [0.25, 0.3) is 0 Å². The maximum atomic E-state index is 12.7. The van der Waals surface area contributed by atoms with Crippen LogP contribution in [0.3, 0.4) is 0 Å². The van der Waals surface area contributed by atoms with Crippen molar-refractivity contribution in [3.8, 4) is 0 Å². The molecule has 1 fully saturated rings. The first-order valence-corrected chi connectivity index (χ1v) is 21.4. The van der Waals surface area contributed by atoms with Gasteiger partial charge in [-0.3, -0.25) is 9.59 Å². The maximum absolute atomic E-state index is 12.7. The highest BCUT2D eigenvalue weighted by Crippen LogP contribution is 2.22. The molecule has 2 unspecified atom stereocenters. The van der Waals surface area contributed by atoms with Gasteiger partial charge in [-0.15, -0.1) is 0 Å². The van der Waals surface area contributed by atoms with E-state index in [9.17, 15) is 30.0 Å². The number of hydrogen-bond donors (Lipinski definition) is 4. The van der Waals surface area contributed by atoms with Gasteiger partial charge >= 0.3 is 11.9 Å². The number of rotatable bonds is 34. The minimum Gasteiger partial charge on any atom is -0.462 e. The number of hydrogen-bond acceptors (Lipinski definition) is 10. The van der Waals surface area contributed by atoms with E-state index in [2.05, 4.69) is 74.6 Å². The predicted octanol–water partition coefficient (Wildman–Crippen LogP) is 8.66. The van der Waals surface area contributed by atoms with Crippen molar-refractivity contribution >= 4 is 11.9 Å². The summed E-state index contributed by atoms with van der Waals surface area (Å²) in [5, 5.41) is 40.0. The van der Waals surface area contributed by atoms with E-state index in [1.807, 2.05) is 0 Å². The summed E-state index contributed by atoms with van der Waals surface area (Å²) in [6, 6.07) is 0. The van der Waals surface area contributed by atoms with E-state index in [1.54, 1.807) is 0 Å². The van der Waals surface area contributed by atoms with Crippen LogP contribution in [0, 0.1) is 0 Å². The lowest BCUT2D eigenvalue weighted by Gasteiger charge is -2.39. The molecule has 0 saturated carbocycles. The van der Waals surface area contributed by atoms with E-state index in [0.29, 0.717) is 12.8 Å². The van der Waals surface area contributed by atoms with Crippen molar-refractivity contribution in [1.82, 2.24) is 0 Å². The zero-order valence-electron chi connectivity index (χ0n) is 34.2. The molecule has 0 radical (unpaired) electrons. The van der Waals surface area contributed by atoms with E-state index >= 15 is 0 Å². The number of ether oxygens (including phenoxy) is 4. The Bertz CT molecular complexity index is 1080. The van der Waals surface area contributed by atoms with Crippen LogP contribution in [0.15, 0.2) is 60.8 Å². The molecule has 1 aliphatic rings. The Balaban J connectivity index is 2.39. The summed E-state index contributed by atoms with van der Waals surface area (Å²) in [6.07, 6.45) is 35.1. The Labute approximate surface area is 332 Å². The van der Waals surface area contributed by atoms with E-state index in [1.165, 1.54) is 51.4 Å². The Hall–Kier alpha value is -2.60. The van der Waals surface area contributed by atoms with Crippen molar-refractivity contribution in [2.24, 2.45) is 0 Å². The standard InChI is InChI=1S/C45H76O10/c1-3-5-7-9-11-13-15-17-19-21-23-25-27-29-31-33-40(47)52-36-38(37-53-45-44(51)43(50)42(49)39(35-46)55-45)54-41(48)34-32-30-28-26-24-22-20-18-16-14-12-10-8-6-4-2/h6,8,12-15,18,20,24,26,38-39,42-46,49-51H,3-5,7,9-11,16-17,19,21-23,25,27-37H2,1-2H3/b8-6+,14-12+,15-13+,20-18+,26-24+/t38-,39-,42+,43?,44?,45-/m0/s1. The van der Waals surface area contributed by atoms with Crippen molar-refractivity contribution < 1.29 is 49.0 Å². The zero-order chi connectivity index (χ0) is 40.2. The highest BCUT2D eigenvalue weighted by atomic mass is 16.7. The fraction of sp³-hybridized carbons (Fsp3) is 0.733. The third-order valence-corrected chi connectivity index (χ3v) is 9.39. The monoisotopic (exact) mass is 777 g/mol. The molecule has 0 aliphatic carbocycles. The topological polar surface area (TPSA) is 152 Å². The normalized spacial score (nSPS) is 21.2. The first-order valence-electron chi connectivity index (χ1n) is 21.4. The Kier molecular flexibility index (Phi) is 32.8. The number of aliphatic hydroxyl groups excluding tert-OH is 4. The molecule has 0 aromatic carbocycles. The lowest BCUT2D eigenvalue weighted by atomic mass is 9.99. The molecule has 0 bridgehead atoms. The number of esters is 2.